The van der Waals surface area contributed by atoms with Gasteiger partial charge in [-0.2, -0.15) is 0 Å². The van der Waals surface area contributed by atoms with Gasteiger partial charge in [0.15, 0.2) is 5.43 Å². The second-order valence-corrected chi connectivity index (χ2v) is 8.77. The monoisotopic (exact) mass is 497 g/mol. The molecule has 0 spiro atoms. The molecule has 1 atom stereocenters. The molecule has 0 saturated carbocycles. The standard InChI is InChI=1S/C28H19NO8/c1-35-16-7-4-14-8-18(28(34)29-19(14)9-16)17-10-24(33)36-23-12-21(32)26-20(31)11-22(37-27(26)25(17)23)13-2-5-15(30)6-3-13/h2-9,11-12,17,30,32H,10H2,1H3,(H,29,34). The number of benzene rings is 3. The Bertz CT molecular complexity index is 1850. The maximum Gasteiger partial charge on any atom is 0.312 e. The quantitative estimate of drug-likeness (QED) is 0.249. The van der Waals surface area contributed by atoms with Gasteiger partial charge in [-0.1, -0.05) is 0 Å². The van der Waals surface area contributed by atoms with Gasteiger partial charge in [0.2, 0.25) is 0 Å². The van der Waals surface area contributed by atoms with Crippen molar-refractivity contribution in [2.45, 2.75) is 12.3 Å². The smallest absolute Gasteiger partial charge is 0.312 e. The molecule has 184 valence electrons. The van der Waals surface area contributed by atoms with Gasteiger partial charge in [-0.15, -0.1) is 0 Å². The average molecular weight is 497 g/mol. The average Bonchev–Trinajstić information content (AvgIpc) is 2.87. The first-order valence-electron chi connectivity index (χ1n) is 11.4. The molecule has 5 aromatic rings. The van der Waals surface area contributed by atoms with Crippen LogP contribution >= 0.6 is 0 Å². The molecular formula is C28H19NO8. The summed E-state index contributed by atoms with van der Waals surface area (Å²) in [5.74, 6) is -1.01. The van der Waals surface area contributed by atoms with E-state index in [-0.39, 0.29) is 40.2 Å². The van der Waals surface area contributed by atoms with Crippen LogP contribution in [-0.4, -0.2) is 28.3 Å². The zero-order chi connectivity index (χ0) is 25.8. The number of hydrogen-bond donors (Lipinski definition) is 3. The van der Waals surface area contributed by atoms with Crippen LogP contribution in [-0.2, 0) is 4.79 Å². The molecule has 0 bridgehead atoms. The summed E-state index contributed by atoms with van der Waals surface area (Å²) in [5, 5.41) is 20.9. The largest absolute Gasteiger partial charge is 0.508 e. The van der Waals surface area contributed by atoms with Crippen molar-refractivity contribution in [3.05, 3.63) is 92.4 Å². The van der Waals surface area contributed by atoms with Crippen molar-refractivity contribution in [1.29, 1.82) is 0 Å². The van der Waals surface area contributed by atoms with Gasteiger partial charge in [0.05, 0.1) is 19.0 Å². The van der Waals surface area contributed by atoms with Gasteiger partial charge in [0, 0.05) is 40.8 Å². The molecule has 0 fully saturated rings. The topological polar surface area (TPSA) is 139 Å². The van der Waals surface area contributed by atoms with Crippen molar-refractivity contribution in [2.75, 3.05) is 7.11 Å². The third-order valence-electron chi connectivity index (χ3n) is 6.53. The number of ether oxygens (including phenoxy) is 2. The number of nitrogens with one attached hydrogen (secondary N) is 1. The first-order chi connectivity index (χ1) is 17.8. The minimum Gasteiger partial charge on any atom is -0.508 e. The van der Waals surface area contributed by atoms with Crippen LogP contribution in [0, 0.1) is 0 Å². The molecule has 37 heavy (non-hydrogen) atoms. The number of rotatable bonds is 3. The number of phenols is 2. The van der Waals surface area contributed by atoms with Crippen LogP contribution in [0.15, 0.2) is 74.7 Å². The molecule has 3 aromatic carbocycles. The van der Waals surface area contributed by atoms with E-state index in [0.717, 1.165) is 0 Å². The molecule has 6 rings (SSSR count). The number of carbonyl (C=O) groups is 1. The lowest BCUT2D eigenvalue weighted by Crippen LogP contribution is -2.26. The molecule has 0 aliphatic carbocycles. The number of aromatic amines is 1. The second-order valence-electron chi connectivity index (χ2n) is 8.77. The van der Waals surface area contributed by atoms with E-state index < -0.39 is 28.6 Å². The van der Waals surface area contributed by atoms with Crippen molar-refractivity contribution < 1.29 is 28.9 Å². The predicted molar refractivity (Wildman–Crippen MR) is 134 cm³/mol. The molecule has 0 saturated heterocycles. The minimum atomic E-state index is -0.812. The van der Waals surface area contributed by atoms with E-state index in [1.165, 1.54) is 31.4 Å². The van der Waals surface area contributed by atoms with Crippen LogP contribution in [0.25, 0.3) is 33.2 Å². The van der Waals surface area contributed by atoms with Gasteiger partial charge in [-0.05, 0) is 47.9 Å². The predicted octanol–water partition coefficient (Wildman–Crippen LogP) is 4.16. The van der Waals surface area contributed by atoms with Crippen LogP contribution in [0.5, 0.6) is 23.0 Å². The Kier molecular flexibility index (Phi) is 5.01. The maximum atomic E-state index is 13.2. The molecular weight excluding hydrogens is 478 g/mol. The molecule has 1 unspecified atom stereocenters. The Labute approximate surface area is 208 Å². The van der Waals surface area contributed by atoms with E-state index in [0.29, 0.717) is 27.8 Å². The van der Waals surface area contributed by atoms with Crippen molar-refractivity contribution in [1.82, 2.24) is 4.98 Å². The lowest BCUT2D eigenvalue weighted by molar-refractivity contribution is -0.135. The second kappa shape index (κ2) is 8.27. The van der Waals surface area contributed by atoms with E-state index in [1.807, 2.05) is 0 Å². The van der Waals surface area contributed by atoms with Crippen molar-refractivity contribution in [3.8, 4) is 34.3 Å². The number of fused-ring (bicyclic) bond motifs is 4. The Morgan fingerprint density at radius 2 is 1.76 bits per heavy atom. The summed E-state index contributed by atoms with van der Waals surface area (Å²) in [5.41, 5.74) is 0.727. The molecule has 9 nitrogen and oxygen atoms in total. The SMILES string of the molecule is COc1ccc2cc(C3CC(=O)Oc4cc(O)c5c(=O)cc(-c6ccc(O)cc6)oc5c43)c(=O)[nH]c2c1. The van der Waals surface area contributed by atoms with Gasteiger partial charge in [-0.3, -0.25) is 14.4 Å². The van der Waals surface area contributed by atoms with E-state index in [4.69, 9.17) is 13.9 Å². The van der Waals surface area contributed by atoms with Gasteiger partial charge >= 0.3 is 5.97 Å². The number of hydrogen-bond acceptors (Lipinski definition) is 8. The molecule has 1 aliphatic rings. The lowest BCUT2D eigenvalue weighted by atomic mass is 9.85. The van der Waals surface area contributed by atoms with E-state index >= 15 is 0 Å². The third-order valence-corrected chi connectivity index (χ3v) is 6.53. The number of aromatic nitrogens is 1. The van der Waals surface area contributed by atoms with Crippen LogP contribution < -0.4 is 20.5 Å². The summed E-state index contributed by atoms with van der Waals surface area (Å²) >= 11 is 0. The van der Waals surface area contributed by atoms with Crippen LogP contribution in [0.2, 0.25) is 0 Å². The van der Waals surface area contributed by atoms with Crippen molar-refractivity contribution in [3.63, 3.8) is 0 Å². The summed E-state index contributed by atoms with van der Waals surface area (Å²) in [6.45, 7) is 0. The Hall–Kier alpha value is -5.05. The molecule has 3 N–H and O–H groups in total. The normalized spacial score (nSPS) is 14.9. The Morgan fingerprint density at radius 1 is 0.973 bits per heavy atom. The molecule has 2 aromatic heterocycles. The van der Waals surface area contributed by atoms with Crippen LogP contribution in [0.3, 0.4) is 0 Å². The summed E-state index contributed by atoms with van der Waals surface area (Å²) < 4.78 is 16.8. The highest BCUT2D eigenvalue weighted by atomic mass is 16.5. The molecule has 9 heteroatoms. The van der Waals surface area contributed by atoms with Gasteiger partial charge in [0.25, 0.3) is 5.56 Å². The third kappa shape index (κ3) is 3.68. The number of pyridine rings is 1. The summed E-state index contributed by atoms with van der Waals surface area (Å²) in [4.78, 5) is 41.7. The summed E-state index contributed by atoms with van der Waals surface area (Å²) in [6.07, 6.45) is -0.176. The lowest BCUT2D eigenvalue weighted by Gasteiger charge is -2.25. The fraction of sp³-hybridized carbons (Fsp3) is 0.107. The number of methoxy groups -OCH3 is 1. The first kappa shape index (κ1) is 22.4. The number of phenolic OH excluding ortho intramolecular Hbond substituents is 2. The maximum absolute atomic E-state index is 13.2. The fourth-order valence-electron chi connectivity index (χ4n) is 4.78. The van der Waals surface area contributed by atoms with Crippen LogP contribution in [0.4, 0.5) is 0 Å². The Morgan fingerprint density at radius 3 is 2.51 bits per heavy atom. The number of H-pyrrole nitrogens is 1. The van der Waals surface area contributed by atoms with Gasteiger partial charge in [0.1, 0.15) is 39.7 Å². The fourth-order valence-corrected chi connectivity index (χ4v) is 4.78. The van der Waals surface area contributed by atoms with E-state index in [2.05, 4.69) is 4.98 Å². The van der Waals surface area contributed by atoms with Gasteiger partial charge < -0.3 is 29.1 Å². The Balaban J connectivity index is 1.63. The zero-order valence-electron chi connectivity index (χ0n) is 19.4. The number of carbonyl (C=O) groups excluding carboxylic acids is 1. The highest BCUT2D eigenvalue weighted by Crippen LogP contribution is 2.45. The van der Waals surface area contributed by atoms with Crippen molar-refractivity contribution >= 4 is 27.8 Å². The summed E-state index contributed by atoms with van der Waals surface area (Å²) in [6, 6.07) is 15.4. The number of aromatic hydroxyl groups is 2. The van der Waals surface area contributed by atoms with E-state index in [1.54, 1.807) is 36.4 Å². The van der Waals surface area contributed by atoms with E-state index in [9.17, 15) is 24.6 Å². The molecule has 1 aliphatic heterocycles. The molecule has 0 amide bonds. The molecule has 3 heterocycles. The minimum absolute atomic E-state index is 0.00600. The zero-order valence-corrected chi connectivity index (χ0v) is 19.4. The highest BCUT2D eigenvalue weighted by molar-refractivity contribution is 5.93. The van der Waals surface area contributed by atoms with Gasteiger partial charge in [-0.25, -0.2) is 0 Å². The highest BCUT2D eigenvalue weighted by Gasteiger charge is 2.35. The number of esters is 1. The first-order valence-corrected chi connectivity index (χ1v) is 11.4. The molecule has 0 radical (unpaired) electrons. The van der Waals surface area contributed by atoms with Crippen LogP contribution in [0.1, 0.15) is 23.5 Å². The summed E-state index contributed by atoms with van der Waals surface area (Å²) in [7, 11) is 1.53. The van der Waals surface area contributed by atoms with Crippen molar-refractivity contribution in [2.24, 2.45) is 0 Å².